The van der Waals surface area contributed by atoms with Gasteiger partial charge in [0, 0.05) is 44.7 Å². The summed E-state index contributed by atoms with van der Waals surface area (Å²) in [6.07, 6.45) is 0.793. The molecule has 0 fully saturated rings. The lowest BCUT2D eigenvalue weighted by Crippen LogP contribution is -2.38. The monoisotopic (exact) mass is 411 g/mol. The number of hydrogen-bond acceptors (Lipinski definition) is 4. The molecule has 1 aliphatic rings. The Kier molecular flexibility index (Phi) is 7.08. The van der Waals surface area contributed by atoms with Crippen LogP contribution < -0.4 is 4.90 Å². The van der Waals surface area contributed by atoms with Crippen molar-refractivity contribution in [2.75, 3.05) is 25.5 Å². The maximum Gasteiger partial charge on any atom is 0.223 e. The average molecular weight is 412 g/mol. The highest BCUT2D eigenvalue weighted by Gasteiger charge is 2.27. The van der Waals surface area contributed by atoms with E-state index in [0.29, 0.717) is 24.9 Å². The van der Waals surface area contributed by atoms with Crippen molar-refractivity contribution in [3.05, 3.63) is 65.5 Å². The number of nitrogens with zero attached hydrogens (tertiary/aromatic N) is 3. The van der Waals surface area contributed by atoms with Gasteiger partial charge < -0.3 is 14.6 Å². The molecule has 1 amide bonds. The third-order valence-electron chi connectivity index (χ3n) is 5.13. The zero-order valence-electron chi connectivity index (χ0n) is 18.1. The number of benzene rings is 2. The summed E-state index contributed by atoms with van der Waals surface area (Å²) in [6.45, 7) is 4.61. The molecule has 1 atom stereocenters. The number of amides is 1. The van der Waals surface area contributed by atoms with Gasteiger partial charge in [-0.3, -0.25) is 4.79 Å². The van der Waals surface area contributed by atoms with E-state index < -0.39 is 0 Å². The molecule has 6 heteroatoms. The van der Waals surface area contributed by atoms with E-state index >= 15 is 0 Å². The lowest BCUT2D eigenvalue weighted by atomic mass is 10.0. The number of carbonyl (C=O) groups is 1. The van der Waals surface area contributed by atoms with Gasteiger partial charge in [0.25, 0.3) is 0 Å². The molecular formula is C24H30FN3O2. The third-order valence-corrected chi connectivity index (χ3v) is 5.13. The van der Waals surface area contributed by atoms with Gasteiger partial charge in [-0.15, -0.1) is 0 Å². The fraction of sp³-hybridized carbons (Fsp3) is 0.417. The topological polar surface area (TPSA) is 45.1 Å². The maximum atomic E-state index is 14.2. The normalized spacial score (nSPS) is 15.7. The third kappa shape index (κ3) is 5.59. The Balaban J connectivity index is 1.67. The summed E-state index contributed by atoms with van der Waals surface area (Å²) in [4.78, 5) is 22.2. The molecule has 2 aromatic rings. The second-order valence-electron chi connectivity index (χ2n) is 8.37. The van der Waals surface area contributed by atoms with Crippen LogP contribution in [0.2, 0.25) is 0 Å². The summed E-state index contributed by atoms with van der Waals surface area (Å²) in [5.74, 6) is -0.0714. The first-order valence-corrected chi connectivity index (χ1v) is 10.3. The van der Waals surface area contributed by atoms with Crippen LogP contribution >= 0.6 is 0 Å². The van der Waals surface area contributed by atoms with Gasteiger partial charge in [0.15, 0.2) is 6.10 Å². The first kappa shape index (κ1) is 21.8. The molecule has 0 unspecified atom stereocenters. The van der Waals surface area contributed by atoms with Crippen molar-refractivity contribution >= 4 is 17.3 Å². The molecule has 1 heterocycles. The molecule has 3 rings (SSSR count). The fourth-order valence-electron chi connectivity index (χ4n) is 3.46. The van der Waals surface area contributed by atoms with Crippen molar-refractivity contribution in [1.29, 1.82) is 0 Å². The van der Waals surface area contributed by atoms with E-state index in [1.807, 2.05) is 57.1 Å². The SMILES string of the molecule is CC(C)CC(=O)N(Cc1ccccc1F)C[C@H]1CC(c2ccc(N(C)C)cc2)=NO1. The van der Waals surface area contributed by atoms with Gasteiger partial charge in [0.2, 0.25) is 5.91 Å². The van der Waals surface area contributed by atoms with E-state index in [1.165, 1.54) is 6.07 Å². The summed E-state index contributed by atoms with van der Waals surface area (Å²) >= 11 is 0. The molecule has 0 N–H and O–H groups in total. The van der Waals surface area contributed by atoms with Crippen LogP contribution in [0.25, 0.3) is 0 Å². The van der Waals surface area contributed by atoms with Crippen LogP contribution in [0.5, 0.6) is 0 Å². The summed E-state index contributed by atoms with van der Waals surface area (Å²) in [7, 11) is 4.00. The molecule has 0 radical (unpaired) electrons. The van der Waals surface area contributed by atoms with E-state index in [1.54, 1.807) is 23.1 Å². The summed E-state index contributed by atoms with van der Waals surface area (Å²) in [5.41, 5.74) is 3.50. The predicted molar refractivity (Wildman–Crippen MR) is 118 cm³/mol. The Hall–Kier alpha value is -2.89. The first-order valence-electron chi connectivity index (χ1n) is 10.3. The molecule has 0 aromatic heterocycles. The smallest absolute Gasteiger partial charge is 0.223 e. The minimum atomic E-state index is -0.301. The number of carbonyl (C=O) groups excluding carboxylic acids is 1. The zero-order valence-corrected chi connectivity index (χ0v) is 18.1. The molecule has 1 aliphatic heterocycles. The van der Waals surface area contributed by atoms with Crippen LogP contribution in [-0.4, -0.2) is 43.3 Å². The highest BCUT2D eigenvalue weighted by molar-refractivity contribution is 6.01. The Morgan fingerprint density at radius 3 is 2.50 bits per heavy atom. The van der Waals surface area contributed by atoms with Gasteiger partial charge in [-0.05, 0) is 29.7 Å². The van der Waals surface area contributed by atoms with Crippen LogP contribution in [-0.2, 0) is 16.2 Å². The van der Waals surface area contributed by atoms with Gasteiger partial charge in [-0.1, -0.05) is 49.3 Å². The quantitative estimate of drug-likeness (QED) is 0.644. The van der Waals surface area contributed by atoms with Gasteiger partial charge in [-0.25, -0.2) is 4.39 Å². The van der Waals surface area contributed by atoms with E-state index in [-0.39, 0.29) is 30.3 Å². The molecule has 0 aliphatic carbocycles. The minimum absolute atomic E-state index is 0.000592. The molecular weight excluding hydrogens is 381 g/mol. The van der Waals surface area contributed by atoms with Crippen molar-refractivity contribution in [1.82, 2.24) is 4.90 Å². The first-order chi connectivity index (χ1) is 14.3. The van der Waals surface area contributed by atoms with Crippen molar-refractivity contribution in [3.8, 4) is 0 Å². The Labute approximate surface area is 178 Å². The Morgan fingerprint density at radius 1 is 1.17 bits per heavy atom. The van der Waals surface area contributed by atoms with Crippen LogP contribution in [0.3, 0.4) is 0 Å². The molecule has 2 aromatic carbocycles. The van der Waals surface area contributed by atoms with Crippen LogP contribution in [0.4, 0.5) is 10.1 Å². The molecule has 0 saturated heterocycles. The van der Waals surface area contributed by atoms with Gasteiger partial charge in [-0.2, -0.15) is 0 Å². The van der Waals surface area contributed by atoms with Crippen LogP contribution in [0, 0.1) is 11.7 Å². The van der Waals surface area contributed by atoms with Crippen molar-refractivity contribution in [2.45, 2.75) is 39.3 Å². The zero-order chi connectivity index (χ0) is 21.7. The van der Waals surface area contributed by atoms with Crippen molar-refractivity contribution in [3.63, 3.8) is 0 Å². The number of oxime groups is 1. The largest absolute Gasteiger partial charge is 0.390 e. The molecule has 0 spiro atoms. The van der Waals surface area contributed by atoms with E-state index in [2.05, 4.69) is 5.16 Å². The minimum Gasteiger partial charge on any atom is -0.390 e. The summed E-state index contributed by atoms with van der Waals surface area (Å²) < 4.78 is 14.2. The second kappa shape index (κ2) is 9.74. The van der Waals surface area contributed by atoms with Gasteiger partial charge >= 0.3 is 0 Å². The summed E-state index contributed by atoms with van der Waals surface area (Å²) in [5, 5.41) is 4.25. The highest BCUT2D eigenvalue weighted by atomic mass is 19.1. The van der Waals surface area contributed by atoms with Crippen LogP contribution in [0.15, 0.2) is 53.7 Å². The van der Waals surface area contributed by atoms with E-state index in [9.17, 15) is 9.18 Å². The highest BCUT2D eigenvalue weighted by Crippen LogP contribution is 2.22. The average Bonchev–Trinajstić information content (AvgIpc) is 3.17. The standard InChI is InChI=1S/C24H30FN3O2/c1-17(2)13-24(29)28(15-19-7-5-6-8-22(19)25)16-21-14-23(26-30-21)18-9-11-20(12-10-18)27(3)4/h5-12,17,21H,13-16H2,1-4H3/t21-/m1/s1. The van der Waals surface area contributed by atoms with Crippen molar-refractivity contribution < 1.29 is 14.0 Å². The number of anilines is 1. The fourth-order valence-corrected chi connectivity index (χ4v) is 3.46. The molecule has 0 saturated carbocycles. The maximum absolute atomic E-state index is 14.2. The molecule has 0 bridgehead atoms. The van der Waals surface area contributed by atoms with Crippen molar-refractivity contribution in [2.24, 2.45) is 11.1 Å². The van der Waals surface area contributed by atoms with Crippen LogP contribution in [0.1, 0.15) is 37.8 Å². The lowest BCUT2D eigenvalue weighted by molar-refractivity contribution is -0.134. The molecule has 160 valence electrons. The lowest BCUT2D eigenvalue weighted by Gasteiger charge is -2.26. The predicted octanol–water partition coefficient (Wildman–Crippen LogP) is 4.46. The Bertz CT molecular complexity index is 894. The van der Waals surface area contributed by atoms with E-state index in [0.717, 1.165) is 17.0 Å². The molecule has 30 heavy (non-hydrogen) atoms. The molecule has 5 nitrogen and oxygen atoms in total. The Morgan fingerprint density at radius 2 is 1.87 bits per heavy atom. The number of rotatable bonds is 8. The number of halogens is 1. The summed E-state index contributed by atoms with van der Waals surface area (Å²) in [6, 6.07) is 14.7. The second-order valence-corrected chi connectivity index (χ2v) is 8.37. The van der Waals surface area contributed by atoms with Gasteiger partial charge in [0.1, 0.15) is 5.82 Å². The van der Waals surface area contributed by atoms with E-state index in [4.69, 9.17) is 4.84 Å². The number of hydrogen-bond donors (Lipinski definition) is 0. The van der Waals surface area contributed by atoms with Gasteiger partial charge in [0.05, 0.1) is 12.3 Å².